The third-order valence-electron chi connectivity index (χ3n) is 4.22. The van der Waals surface area contributed by atoms with Crippen LogP contribution in [0.15, 0.2) is 34.9 Å². The van der Waals surface area contributed by atoms with E-state index in [4.69, 9.17) is 4.52 Å². The molecule has 2 heterocycles. The summed E-state index contributed by atoms with van der Waals surface area (Å²) >= 11 is 0. The van der Waals surface area contributed by atoms with Gasteiger partial charge in [0.2, 0.25) is 5.76 Å². The predicted octanol–water partition coefficient (Wildman–Crippen LogP) is 3.89. The molecule has 116 valence electrons. The van der Waals surface area contributed by atoms with Crippen LogP contribution in [0, 0.1) is 5.82 Å². The summed E-state index contributed by atoms with van der Waals surface area (Å²) in [6.07, 6.45) is 4.19. The molecule has 0 saturated carbocycles. The Bertz CT molecular complexity index is 651. The molecular weight excluding hydrogens is 283 g/mol. The highest BCUT2D eigenvalue weighted by molar-refractivity contribution is 5.92. The molecule has 0 radical (unpaired) electrons. The standard InChI is InChI=1S/C17H19FN2O2/c1-2-14-5-3-4-10-20(14)17(21)16-11-15(19-22-16)12-6-8-13(18)9-7-12/h6-9,11,14H,2-5,10H2,1H3/t14-/m0/s1. The highest BCUT2D eigenvalue weighted by Gasteiger charge is 2.28. The quantitative estimate of drug-likeness (QED) is 0.864. The lowest BCUT2D eigenvalue weighted by Gasteiger charge is -2.34. The summed E-state index contributed by atoms with van der Waals surface area (Å²) in [4.78, 5) is 14.5. The minimum absolute atomic E-state index is 0.104. The van der Waals surface area contributed by atoms with Gasteiger partial charge < -0.3 is 9.42 Å². The summed E-state index contributed by atoms with van der Waals surface area (Å²) in [6.45, 7) is 2.87. The van der Waals surface area contributed by atoms with Gasteiger partial charge in [0, 0.05) is 24.2 Å². The number of hydrogen-bond donors (Lipinski definition) is 0. The van der Waals surface area contributed by atoms with Gasteiger partial charge in [0.1, 0.15) is 11.5 Å². The maximum Gasteiger partial charge on any atom is 0.292 e. The molecule has 1 amide bonds. The van der Waals surface area contributed by atoms with E-state index in [1.54, 1.807) is 18.2 Å². The number of aromatic nitrogens is 1. The number of halogens is 1. The van der Waals surface area contributed by atoms with Gasteiger partial charge in [0.25, 0.3) is 5.91 Å². The van der Waals surface area contributed by atoms with Crippen molar-refractivity contribution < 1.29 is 13.7 Å². The molecule has 2 aromatic rings. The van der Waals surface area contributed by atoms with Crippen LogP contribution in [0.5, 0.6) is 0 Å². The molecule has 0 unspecified atom stereocenters. The molecule has 5 heteroatoms. The van der Waals surface area contributed by atoms with Gasteiger partial charge in [0.05, 0.1) is 0 Å². The first-order valence-electron chi connectivity index (χ1n) is 7.72. The van der Waals surface area contributed by atoms with Crippen LogP contribution in [0.3, 0.4) is 0 Å². The number of likely N-dealkylation sites (tertiary alicyclic amines) is 1. The largest absolute Gasteiger partial charge is 0.350 e. The minimum Gasteiger partial charge on any atom is -0.350 e. The molecule has 1 atom stereocenters. The lowest BCUT2D eigenvalue weighted by Crippen LogP contribution is -2.43. The Labute approximate surface area is 128 Å². The molecule has 1 aliphatic rings. The second-order valence-corrected chi connectivity index (χ2v) is 5.64. The van der Waals surface area contributed by atoms with Crippen LogP contribution in [-0.2, 0) is 0 Å². The van der Waals surface area contributed by atoms with E-state index in [1.165, 1.54) is 18.6 Å². The van der Waals surface area contributed by atoms with Crippen molar-refractivity contribution in [3.63, 3.8) is 0 Å². The minimum atomic E-state index is -0.303. The highest BCUT2D eigenvalue weighted by atomic mass is 19.1. The van der Waals surface area contributed by atoms with E-state index in [9.17, 15) is 9.18 Å². The molecule has 1 aromatic heterocycles. The summed E-state index contributed by atoms with van der Waals surface area (Å²) in [5.41, 5.74) is 1.28. The zero-order valence-electron chi connectivity index (χ0n) is 12.6. The molecule has 3 rings (SSSR count). The lowest BCUT2D eigenvalue weighted by molar-refractivity contribution is 0.0566. The number of nitrogens with zero attached hydrogens (tertiary/aromatic N) is 2. The third kappa shape index (κ3) is 2.89. The van der Waals surface area contributed by atoms with E-state index in [-0.39, 0.29) is 23.5 Å². The number of rotatable bonds is 3. The average Bonchev–Trinajstić information content (AvgIpc) is 3.05. The van der Waals surface area contributed by atoms with E-state index >= 15 is 0 Å². The van der Waals surface area contributed by atoms with Gasteiger partial charge in [-0.05, 0) is 49.9 Å². The maximum atomic E-state index is 13.0. The molecular formula is C17H19FN2O2. The van der Waals surface area contributed by atoms with Crippen molar-refractivity contribution in [1.29, 1.82) is 0 Å². The van der Waals surface area contributed by atoms with Crippen LogP contribution in [0.25, 0.3) is 11.3 Å². The zero-order chi connectivity index (χ0) is 15.5. The Hall–Kier alpha value is -2.17. The third-order valence-corrected chi connectivity index (χ3v) is 4.22. The number of piperidine rings is 1. The van der Waals surface area contributed by atoms with Crippen molar-refractivity contribution in [2.24, 2.45) is 0 Å². The number of amides is 1. The molecule has 4 nitrogen and oxygen atoms in total. The van der Waals surface area contributed by atoms with Crippen LogP contribution < -0.4 is 0 Å². The second kappa shape index (κ2) is 6.30. The van der Waals surface area contributed by atoms with Crippen LogP contribution in [0.2, 0.25) is 0 Å². The van der Waals surface area contributed by atoms with Gasteiger partial charge in [-0.15, -0.1) is 0 Å². The van der Waals surface area contributed by atoms with Crippen LogP contribution >= 0.6 is 0 Å². The van der Waals surface area contributed by atoms with E-state index < -0.39 is 0 Å². The molecule has 1 aromatic carbocycles. The molecule has 0 N–H and O–H groups in total. The van der Waals surface area contributed by atoms with Crippen LogP contribution in [-0.4, -0.2) is 28.6 Å². The lowest BCUT2D eigenvalue weighted by atomic mass is 9.99. The summed E-state index contributed by atoms with van der Waals surface area (Å²) in [6, 6.07) is 7.89. The van der Waals surface area contributed by atoms with E-state index in [0.29, 0.717) is 5.69 Å². The van der Waals surface area contributed by atoms with E-state index in [2.05, 4.69) is 12.1 Å². The fraction of sp³-hybridized carbons (Fsp3) is 0.412. The average molecular weight is 302 g/mol. The molecule has 1 fully saturated rings. The topological polar surface area (TPSA) is 46.3 Å². The summed E-state index contributed by atoms with van der Waals surface area (Å²) in [7, 11) is 0. The summed E-state index contributed by atoms with van der Waals surface area (Å²) in [5.74, 6) is -0.158. The second-order valence-electron chi connectivity index (χ2n) is 5.64. The molecule has 0 spiro atoms. The van der Waals surface area contributed by atoms with E-state index in [1.807, 2.05) is 4.90 Å². The Kier molecular flexibility index (Phi) is 4.22. The van der Waals surface area contributed by atoms with Crippen molar-refractivity contribution in [2.75, 3.05) is 6.54 Å². The first-order chi connectivity index (χ1) is 10.7. The molecule has 0 aliphatic carbocycles. The normalized spacial score (nSPS) is 18.5. The van der Waals surface area contributed by atoms with Gasteiger partial charge in [-0.2, -0.15) is 0 Å². The van der Waals surface area contributed by atoms with Crippen LogP contribution in [0.1, 0.15) is 43.2 Å². The van der Waals surface area contributed by atoms with Crippen molar-refractivity contribution in [3.05, 3.63) is 41.9 Å². The Balaban J connectivity index is 1.80. The number of carbonyl (C=O) groups excluding carboxylic acids is 1. The summed E-state index contributed by atoms with van der Waals surface area (Å²) < 4.78 is 18.2. The van der Waals surface area contributed by atoms with Crippen molar-refractivity contribution in [3.8, 4) is 11.3 Å². The van der Waals surface area contributed by atoms with E-state index in [0.717, 1.165) is 31.4 Å². The monoisotopic (exact) mass is 302 g/mol. The van der Waals surface area contributed by atoms with Crippen molar-refractivity contribution >= 4 is 5.91 Å². The maximum absolute atomic E-state index is 13.0. The van der Waals surface area contributed by atoms with Gasteiger partial charge in [-0.1, -0.05) is 12.1 Å². The molecule has 1 saturated heterocycles. The fourth-order valence-corrected chi connectivity index (χ4v) is 2.97. The van der Waals surface area contributed by atoms with Gasteiger partial charge in [-0.25, -0.2) is 4.39 Å². The van der Waals surface area contributed by atoms with Gasteiger partial charge in [0.15, 0.2) is 0 Å². The Morgan fingerprint density at radius 2 is 2.14 bits per heavy atom. The Morgan fingerprint density at radius 1 is 1.36 bits per heavy atom. The SMILES string of the molecule is CC[C@H]1CCCCN1C(=O)c1cc(-c2ccc(F)cc2)no1. The fourth-order valence-electron chi connectivity index (χ4n) is 2.97. The van der Waals surface area contributed by atoms with Crippen molar-refractivity contribution in [1.82, 2.24) is 10.1 Å². The first kappa shape index (κ1) is 14.8. The number of carbonyl (C=O) groups is 1. The zero-order valence-corrected chi connectivity index (χ0v) is 12.6. The number of benzene rings is 1. The highest BCUT2D eigenvalue weighted by Crippen LogP contribution is 2.24. The van der Waals surface area contributed by atoms with Gasteiger partial charge in [-0.3, -0.25) is 4.79 Å². The molecule has 1 aliphatic heterocycles. The molecule has 22 heavy (non-hydrogen) atoms. The molecule has 0 bridgehead atoms. The Morgan fingerprint density at radius 3 is 2.86 bits per heavy atom. The first-order valence-corrected chi connectivity index (χ1v) is 7.72. The van der Waals surface area contributed by atoms with Gasteiger partial charge >= 0.3 is 0 Å². The van der Waals surface area contributed by atoms with Crippen molar-refractivity contribution in [2.45, 2.75) is 38.6 Å². The number of hydrogen-bond acceptors (Lipinski definition) is 3. The van der Waals surface area contributed by atoms with Crippen LogP contribution in [0.4, 0.5) is 4.39 Å². The predicted molar refractivity (Wildman–Crippen MR) is 80.9 cm³/mol. The smallest absolute Gasteiger partial charge is 0.292 e. The summed E-state index contributed by atoms with van der Waals surface area (Å²) in [5, 5.41) is 3.94.